The molecule has 0 radical (unpaired) electrons. The summed E-state index contributed by atoms with van der Waals surface area (Å²) in [5.74, 6) is -0.206. The van der Waals surface area contributed by atoms with Gasteiger partial charge in [-0.3, -0.25) is 14.8 Å². The number of thiazole rings is 1. The summed E-state index contributed by atoms with van der Waals surface area (Å²) in [5.41, 5.74) is 6.44. The molecule has 0 saturated heterocycles. The molecule has 1 aromatic carbocycles. The fourth-order valence-electron chi connectivity index (χ4n) is 2.86. The molecule has 0 saturated carbocycles. The molecule has 2 heterocycles. The molecule has 3 rings (SSSR count). The van der Waals surface area contributed by atoms with E-state index >= 15 is 0 Å². The first-order valence-corrected chi connectivity index (χ1v) is 11.1. The number of aryl methyl sites for hydroxylation is 3. The highest BCUT2D eigenvalue weighted by atomic mass is 32.1. The van der Waals surface area contributed by atoms with Crippen LogP contribution < -0.4 is 5.32 Å². The van der Waals surface area contributed by atoms with E-state index in [1.165, 1.54) is 16.9 Å². The fraction of sp³-hybridized carbons (Fsp3) is 0.348. The second kappa shape index (κ2) is 10.3. The van der Waals surface area contributed by atoms with Crippen LogP contribution in [0.25, 0.3) is 0 Å². The van der Waals surface area contributed by atoms with Gasteiger partial charge in [-0.25, -0.2) is 9.98 Å². The van der Waals surface area contributed by atoms with E-state index in [9.17, 15) is 4.79 Å². The summed E-state index contributed by atoms with van der Waals surface area (Å²) in [5, 5.41) is 5.56. The SMILES string of the molecule is CCN(C)/C=N/c1cc(C)c(Cc2nc(C(=O)NCc3cnc(C)cn3)cs2)cc1C. The van der Waals surface area contributed by atoms with Crippen molar-refractivity contribution in [1.82, 2.24) is 25.2 Å². The topological polar surface area (TPSA) is 83.4 Å². The molecule has 0 aliphatic rings. The Morgan fingerprint density at radius 3 is 2.71 bits per heavy atom. The van der Waals surface area contributed by atoms with E-state index in [0.717, 1.165) is 34.1 Å². The first kappa shape index (κ1) is 22.6. The third-order valence-electron chi connectivity index (χ3n) is 4.94. The number of aliphatic imine (C=N–C) groups is 1. The molecule has 0 bridgehead atoms. The molecule has 162 valence electrons. The van der Waals surface area contributed by atoms with Crippen molar-refractivity contribution < 1.29 is 4.79 Å². The van der Waals surface area contributed by atoms with Gasteiger partial charge in [-0.15, -0.1) is 11.3 Å². The minimum absolute atomic E-state index is 0.206. The van der Waals surface area contributed by atoms with Crippen LogP contribution in [0.5, 0.6) is 0 Å². The molecule has 7 nitrogen and oxygen atoms in total. The summed E-state index contributed by atoms with van der Waals surface area (Å²) >= 11 is 1.50. The molecule has 1 N–H and O–H groups in total. The molecule has 0 fully saturated rings. The number of carbonyl (C=O) groups excluding carboxylic acids is 1. The van der Waals surface area contributed by atoms with Crippen LogP contribution in [-0.4, -0.2) is 45.7 Å². The lowest BCUT2D eigenvalue weighted by molar-refractivity contribution is 0.0946. The number of nitrogens with one attached hydrogen (secondary N) is 1. The van der Waals surface area contributed by atoms with Crippen molar-refractivity contribution in [2.45, 2.75) is 40.7 Å². The third-order valence-corrected chi connectivity index (χ3v) is 5.79. The van der Waals surface area contributed by atoms with Gasteiger partial charge in [0.25, 0.3) is 5.91 Å². The van der Waals surface area contributed by atoms with Crippen molar-refractivity contribution in [2.24, 2.45) is 4.99 Å². The summed E-state index contributed by atoms with van der Waals surface area (Å²) in [6.45, 7) is 9.36. The van der Waals surface area contributed by atoms with Crippen molar-refractivity contribution in [1.29, 1.82) is 0 Å². The van der Waals surface area contributed by atoms with Gasteiger partial charge in [0.15, 0.2) is 0 Å². The van der Waals surface area contributed by atoms with E-state index in [-0.39, 0.29) is 5.91 Å². The molecular formula is C23H28N6OS. The van der Waals surface area contributed by atoms with Crippen molar-refractivity contribution in [3.63, 3.8) is 0 Å². The maximum Gasteiger partial charge on any atom is 0.271 e. The highest BCUT2D eigenvalue weighted by molar-refractivity contribution is 7.09. The quantitative estimate of drug-likeness (QED) is 0.426. The lowest BCUT2D eigenvalue weighted by Gasteiger charge is -2.11. The largest absolute Gasteiger partial charge is 0.366 e. The Morgan fingerprint density at radius 2 is 2.00 bits per heavy atom. The molecule has 2 aromatic heterocycles. The minimum atomic E-state index is -0.206. The maximum absolute atomic E-state index is 12.4. The molecular weight excluding hydrogens is 408 g/mol. The van der Waals surface area contributed by atoms with Gasteiger partial charge in [-0.05, 0) is 50.5 Å². The first-order chi connectivity index (χ1) is 14.9. The van der Waals surface area contributed by atoms with Crippen molar-refractivity contribution in [2.75, 3.05) is 13.6 Å². The Balaban J connectivity index is 1.64. The number of aromatic nitrogens is 3. The van der Waals surface area contributed by atoms with Gasteiger partial charge in [0.05, 0.1) is 41.2 Å². The van der Waals surface area contributed by atoms with Gasteiger partial charge in [0.1, 0.15) is 5.69 Å². The Hall–Kier alpha value is -3.13. The number of nitrogens with zero attached hydrogens (tertiary/aromatic N) is 5. The molecule has 8 heteroatoms. The smallest absolute Gasteiger partial charge is 0.271 e. The van der Waals surface area contributed by atoms with E-state index in [1.807, 2.05) is 25.2 Å². The highest BCUT2D eigenvalue weighted by Gasteiger charge is 2.13. The Labute approximate surface area is 187 Å². The van der Waals surface area contributed by atoms with Crippen LogP contribution >= 0.6 is 11.3 Å². The van der Waals surface area contributed by atoms with Gasteiger partial charge >= 0.3 is 0 Å². The zero-order chi connectivity index (χ0) is 22.4. The lowest BCUT2D eigenvalue weighted by atomic mass is 10.0. The van der Waals surface area contributed by atoms with Crippen LogP contribution in [0.1, 0.15) is 50.5 Å². The van der Waals surface area contributed by atoms with Crippen LogP contribution in [0, 0.1) is 20.8 Å². The van der Waals surface area contributed by atoms with Crippen LogP contribution in [0.4, 0.5) is 5.69 Å². The second-order valence-electron chi connectivity index (χ2n) is 7.52. The summed E-state index contributed by atoms with van der Waals surface area (Å²) in [4.78, 5) is 32.0. The summed E-state index contributed by atoms with van der Waals surface area (Å²) in [7, 11) is 2.00. The van der Waals surface area contributed by atoms with Gasteiger partial charge < -0.3 is 10.2 Å². The van der Waals surface area contributed by atoms with E-state index in [0.29, 0.717) is 24.4 Å². The molecule has 0 unspecified atom stereocenters. The van der Waals surface area contributed by atoms with Crippen molar-refractivity contribution >= 4 is 29.3 Å². The second-order valence-corrected chi connectivity index (χ2v) is 8.46. The normalized spacial score (nSPS) is 11.1. The zero-order valence-electron chi connectivity index (χ0n) is 18.6. The maximum atomic E-state index is 12.4. The number of hydrogen-bond acceptors (Lipinski definition) is 6. The van der Waals surface area contributed by atoms with E-state index < -0.39 is 0 Å². The van der Waals surface area contributed by atoms with E-state index in [4.69, 9.17) is 0 Å². The van der Waals surface area contributed by atoms with Crippen molar-refractivity contribution in [3.05, 3.63) is 68.7 Å². The Morgan fingerprint density at radius 1 is 1.19 bits per heavy atom. The van der Waals surface area contributed by atoms with Crippen molar-refractivity contribution in [3.8, 4) is 0 Å². The Bertz CT molecular complexity index is 1070. The summed E-state index contributed by atoms with van der Waals surface area (Å²) in [6.07, 6.45) is 5.90. The van der Waals surface area contributed by atoms with Crippen LogP contribution in [0.2, 0.25) is 0 Å². The first-order valence-electron chi connectivity index (χ1n) is 10.2. The molecule has 0 spiro atoms. The Kier molecular flexibility index (Phi) is 7.46. The summed E-state index contributed by atoms with van der Waals surface area (Å²) < 4.78 is 0. The third kappa shape index (κ3) is 6.18. The number of rotatable bonds is 8. The van der Waals surface area contributed by atoms with Gasteiger partial charge in [0, 0.05) is 31.6 Å². The number of hydrogen-bond donors (Lipinski definition) is 1. The molecule has 0 atom stereocenters. The van der Waals surface area contributed by atoms with Crippen LogP contribution in [-0.2, 0) is 13.0 Å². The number of benzene rings is 1. The van der Waals surface area contributed by atoms with E-state index in [1.54, 1.807) is 17.8 Å². The van der Waals surface area contributed by atoms with Gasteiger partial charge in [-0.2, -0.15) is 0 Å². The number of amides is 1. The fourth-order valence-corrected chi connectivity index (χ4v) is 3.66. The number of carbonyl (C=O) groups is 1. The van der Waals surface area contributed by atoms with Gasteiger partial charge in [-0.1, -0.05) is 6.07 Å². The predicted octanol–water partition coefficient (Wildman–Crippen LogP) is 3.99. The van der Waals surface area contributed by atoms with Crippen LogP contribution in [0.15, 0.2) is 34.9 Å². The monoisotopic (exact) mass is 436 g/mol. The summed E-state index contributed by atoms with van der Waals surface area (Å²) in [6, 6.07) is 4.26. The van der Waals surface area contributed by atoms with Crippen LogP contribution in [0.3, 0.4) is 0 Å². The zero-order valence-corrected chi connectivity index (χ0v) is 19.5. The molecule has 1 amide bonds. The molecule has 0 aliphatic carbocycles. The minimum Gasteiger partial charge on any atom is -0.366 e. The standard InChI is InChI=1S/C23H28N6OS/c1-6-29(5)14-27-20-8-15(2)18(7-16(20)3)9-22-28-21(13-31-22)23(30)26-12-19-11-24-17(4)10-25-19/h7-8,10-11,13-14H,6,9,12H2,1-5H3,(H,26,30)/b27-14+. The predicted molar refractivity (Wildman–Crippen MR) is 125 cm³/mol. The highest BCUT2D eigenvalue weighted by Crippen LogP contribution is 2.26. The molecule has 3 aromatic rings. The molecule has 31 heavy (non-hydrogen) atoms. The lowest BCUT2D eigenvalue weighted by Crippen LogP contribution is -2.23. The van der Waals surface area contributed by atoms with E-state index in [2.05, 4.69) is 58.2 Å². The van der Waals surface area contributed by atoms with Gasteiger partial charge in [0.2, 0.25) is 0 Å². The molecule has 0 aliphatic heterocycles. The average Bonchev–Trinajstić information content (AvgIpc) is 3.23. The average molecular weight is 437 g/mol.